The molecule has 0 radical (unpaired) electrons. The Morgan fingerprint density at radius 1 is 1.11 bits per heavy atom. The summed E-state index contributed by atoms with van der Waals surface area (Å²) < 4.78 is 17.8. The van der Waals surface area contributed by atoms with Crippen molar-refractivity contribution < 1.29 is 28.6 Å². The van der Waals surface area contributed by atoms with Gasteiger partial charge < -0.3 is 14.2 Å². The van der Waals surface area contributed by atoms with Crippen molar-refractivity contribution >= 4 is 22.8 Å². The summed E-state index contributed by atoms with van der Waals surface area (Å²) in [7, 11) is 1.45. The summed E-state index contributed by atoms with van der Waals surface area (Å²) in [6.07, 6.45) is 2.65. The van der Waals surface area contributed by atoms with E-state index in [0.717, 1.165) is 0 Å². The van der Waals surface area contributed by atoms with Crippen LogP contribution in [0.4, 0.5) is 0 Å². The Bertz CT molecular complexity index is 1210. The van der Waals surface area contributed by atoms with Crippen LogP contribution in [0.3, 0.4) is 0 Å². The molecule has 196 valence electrons. The fourth-order valence-electron chi connectivity index (χ4n) is 3.74. The summed E-state index contributed by atoms with van der Waals surface area (Å²) in [4.78, 5) is 47.1. The highest BCUT2D eigenvalue weighted by atomic mass is 16.7. The number of methoxy groups -OCH3 is 1. The summed E-state index contributed by atoms with van der Waals surface area (Å²) in [5.41, 5.74) is -1.02. The van der Waals surface area contributed by atoms with Crippen molar-refractivity contribution in [2.24, 2.45) is 11.3 Å². The summed E-state index contributed by atoms with van der Waals surface area (Å²) >= 11 is 0. The monoisotopic (exact) mass is 501 g/mol. The molecule has 0 bridgehead atoms. The van der Waals surface area contributed by atoms with Crippen LogP contribution in [0.1, 0.15) is 54.4 Å². The third kappa shape index (κ3) is 6.72. The molecule has 1 aliphatic rings. The van der Waals surface area contributed by atoms with Gasteiger partial charge in [0.15, 0.2) is 29.9 Å². The van der Waals surface area contributed by atoms with Gasteiger partial charge in [0.2, 0.25) is 0 Å². The van der Waals surface area contributed by atoms with Crippen molar-refractivity contribution in [3.05, 3.63) is 34.6 Å². The first-order valence-corrected chi connectivity index (χ1v) is 11.9. The molecule has 2 aromatic rings. The van der Waals surface area contributed by atoms with Crippen molar-refractivity contribution in [3.63, 3.8) is 0 Å². The number of hydroxylamine groups is 2. The molecule has 0 amide bonds. The summed E-state index contributed by atoms with van der Waals surface area (Å²) in [5, 5.41) is 2.17. The first-order chi connectivity index (χ1) is 16.8. The molecule has 1 aromatic carbocycles. The number of benzene rings is 1. The van der Waals surface area contributed by atoms with Crippen molar-refractivity contribution in [2.75, 3.05) is 20.2 Å². The lowest BCUT2D eigenvalue weighted by molar-refractivity contribution is -0.238. The summed E-state index contributed by atoms with van der Waals surface area (Å²) in [6.45, 7) is 12.2. The number of fused-ring (bicyclic) bond motifs is 1. The lowest BCUT2D eigenvalue weighted by Gasteiger charge is -2.35. The predicted octanol–water partition coefficient (Wildman–Crippen LogP) is 3.49. The maximum Gasteiger partial charge on any atom is 0.312 e. The first-order valence-electron chi connectivity index (χ1n) is 11.9. The number of rotatable bonds is 7. The second kappa shape index (κ2) is 10.8. The molecular weight excluding hydrogens is 466 g/mol. The van der Waals surface area contributed by atoms with Crippen LogP contribution in [0.2, 0.25) is 0 Å². The fourth-order valence-corrected chi connectivity index (χ4v) is 3.74. The highest BCUT2D eigenvalue weighted by Gasteiger charge is 2.28. The number of ether oxygens (including phenoxy) is 3. The van der Waals surface area contributed by atoms with E-state index in [9.17, 15) is 14.4 Å². The molecule has 10 heteroatoms. The normalized spacial score (nSPS) is 15.4. The predicted molar refractivity (Wildman–Crippen MR) is 133 cm³/mol. The Kier molecular flexibility index (Phi) is 8.23. The topological polar surface area (TPSA) is 109 Å². The van der Waals surface area contributed by atoms with Crippen molar-refractivity contribution in [1.82, 2.24) is 14.6 Å². The van der Waals surface area contributed by atoms with Gasteiger partial charge in [-0.2, -0.15) is 5.06 Å². The molecular formula is C26H35N3O7. The van der Waals surface area contributed by atoms with Gasteiger partial charge in [-0.3, -0.25) is 19.0 Å². The second-order valence-corrected chi connectivity index (χ2v) is 10.8. The zero-order chi connectivity index (χ0) is 26.7. The van der Waals surface area contributed by atoms with E-state index in [4.69, 9.17) is 19.0 Å². The molecule has 0 saturated carbocycles. The van der Waals surface area contributed by atoms with Gasteiger partial charge in [0.1, 0.15) is 6.33 Å². The average molecular weight is 502 g/mol. The second-order valence-electron chi connectivity index (χ2n) is 10.8. The van der Waals surface area contributed by atoms with Gasteiger partial charge in [0.05, 0.1) is 29.0 Å². The molecule has 3 rings (SSSR count). The molecule has 36 heavy (non-hydrogen) atoms. The SMILES string of the molecule is COc1cc2c(=O)n(COC(=O)C(C)(C)C)cnc2cc1OC(=C=O)C1CCN(OC(C)(C)C)CC1. The molecule has 1 fully saturated rings. The number of allylic oxidation sites excluding steroid dienone is 1. The van der Waals surface area contributed by atoms with Crippen LogP contribution in [-0.4, -0.2) is 52.3 Å². The minimum atomic E-state index is -0.691. The Labute approximate surface area is 210 Å². The van der Waals surface area contributed by atoms with Crippen LogP contribution in [0.25, 0.3) is 10.9 Å². The Balaban J connectivity index is 1.79. The van der Waals surface area contributed by atoms with Gasteiger partial charge in [0.25, 0.3) is 5.56 Å². The number of piperidine rings is 1. The van der Waals surface area contributed by atoms with E-state index >= 15 is 0 Å². The highest BCUT2D eigenvalue weighted by molar-refractivity contribution is 5.82. The zero-order valence-electron chi connectivity index (χ0n) is 22.0. The Morgan fingerprint density at radius 2 is 1.78 bits per heavy atom. The van der Waals surface area contributed by atoms with Gasteiger partial charge in [0, 0.05) is 25.1 Å². The number of carbonyl (C=O) groups is 1. The lowest BCUT2D eigenvalue weighted by atomic mass is 9.96. The molecule has 1 aromatic heterocycles. The average Bonchev–Trinajstić information content (AvgIpc) is 2.80. The number of hydrogen-bond acceptors (Lipinski definition) is 9. The molecule has 0 unspecified atom stereocenters. The number of aromatic nitrogens is 2. The molecule has 10 nitrogen and oxygen atoms in total. The molecule has 2 heterocycles. The van der Waals surface area contributed by atoms with E-state index in [1.165, 1.54) is 24.1 Å². The van der Waals surface area contributed by atoms with Crippen LogP contribution < -0.4 is 15.0 Å². The van der Waals surface area contributed by atoms with Crippen LogP contribution in [0.15, 0.2) is 29.0 Å². The van der Waals surface area contributed by atoms with E-state index in [1.54, 1.807) is 26.8 Å². The number of carbonyl (C=O) groups excluding carboxylic acids is 2. The van der Waals surface area contributed by atoms with Crippen LogP contribution in [0.5, 0.6) is 11.5 Å². The van der Waals surface area contributed by atoms with Crippen LogP contribution in [-0.2, 0) is 25.9 Å². The number of hydrogen-bond donors (Lipinski definition) is 0. The summed E-state index contributed by atoms with van der Waals surface area (Å²) in [5.74, 6) is 2.09. The molecule has 1 aliphatic heterocycles. The Morgan fingerprint density at radius 3 is 2.33 bits per heavy atom. The van der Waals surface area contributed by atoms with Crippen LogP contribution >= 0.6 is 0 Å². The van der Waals surface area contributed by atoms with E-state index < -0.39 is 16.9 Å². The number of nitrogens with zero attached hydrogens (tertiary/aromatic N) is 3. The molecule has 0 aliphatic carbocycles. The lowest BCUT2D eigenvalue weighted by Crippen LogP contribution is -2.40. The minimum absolute atomic E-state index is 0.124. The van der Waals surface area contributed by atoms with Crippen molar-refractivity contribution in [1.29, 1.82) is 0 Å². The maximum atomic E-state index is 13.0. The standard InChI is InChI=1S/C26H35N3O7/c1-25(2,3)24(32)34-16-28-15-27-19-13-21(20(33-7)12-18(19)23(28)31)35-22(14-30)17-8-10-29(11-9-17)36-26(4,5)6/h12-13,15,17H,8-11,16H2,1-7H3. The van der Waals surface area contributed by atoms with Gasteiger partial charge in [-0.1, -0.05) is 0 Å². The van der Waals surface area contributed by atoms with E-state index in [2.05, 4.69) is 4.98 Å². The maximum absolute atomic E-state index is 13.0. The molecule has 0 spiro atoms. The highest BCUT2D eigenvalue weighted by Crippen LogP contribution is 2.34. The third-order valence-corrected chi connectivity index (χ3v) is 5.60. The van der Waals surface area contributed by atoms with E-state index in [-0.39, 0.29) is 40.9 Å². The van der Waals surface area contributed by atoms with Crippen molar-refractivity contribution in [3.8, 4) is 11.5 Å². The molecule has 0 N–H and O–H groups in total. The smallest absolute Gasteiger partial charge is 0.312 e. The molecule has 0 atom stereocenters. The third-order valence-electron chi connectivity index (χ3n) is 5.60. The quantitative estimate of drug-likeness (QED) is 0.320. The van der Waals surface area contributed by atoms with Crippen LogP contribution in [0, 0.1) is 11.3 Å². The van der Waals surface area contributed by atoms with Gasteiger partial charge in [-0.25, -0.2) is 9.78 Å². The number of esters is 1. The molecule has 1 saturated heterocycles. The van der Waals surface area contributed by atoms with E-state index in [1.807, 2.05) is 31.8 Å². The fraction of sp³-hybridized carbons (Fsp3) is 0.577. The zero-order valence-corrected chi connectivity index (χ0v) is 22.0. The minimum Gasteiger partial charge on any atom is -0.493 e. The van der Waals surface area contributed by atoms with Gasteiger partial charge >= 0.3 is 5.97 Å². The van der Waals surface area contributed by atoms with Gasteiger partial charge in [-0.05, 0) is 60.5 Å². The largest absolute Gasteiger partial charge is 0.493 e. The van der Waals surface area contributed by atoms with Crippen molar-refractivity contribution in [2.45, 2.75) is 66.7 Å². The first kappa shape index (κ1) is 27.4. The van der Waals surface area contributed by atoms with E-state index in [0.29, 0.717) is 31.4 Å². The van der Waals surface area contributed by atoms with Gasteiger partial charge in [-0.15, -0.1) is 0 Å². The Hall–Kier alpha value is -3.20. The summed E-state index contributed by atoms with van der Waals surface area (Å²) in [6, 6.07) is 3.06.